The van der Waals surface area contributed by atoms with E-state index in [2.05, 4.69) is 17.2 Å². The fraction of sp³-hybridized carbons (Fsp3) is 0.167. The molecular weight excluding hydrogens is 298 g/mol. The van der Waals surface area contributed by atoms with Crippen molar-refractivity contribution in [3.8, 4) is 17.6 Å². The predicted octanol–water partition coefficient (Wildman–Crippen LogP) is 3.06. The number of benzene rings is 2. The quantitative estimate of drug-likeness (QED) is 0.881. The number of amides is 1. The van der Waals surface area contributed by atoms with Gasteiger partial charge in [0, 0.05) is 23.1 Å². The van der Waals surface area contributed by atoms with E-state index in [9.17, 15) is 4.79 Å². The molecule has 1 N–H and O–H groups in total. The van der Waals surface area contributed by atoms with Gasteiger partial charge in [-0.15, -0.1) is 0 Å². The van der Waals surface area contributed by atoms with Crippen molar-refractivity contribution >= 4 is 17.5 Å². The van der Waals surface area contributed by atoms with Gasteiger partial charge in [0.25, 0.3) is 5.91 Å². The van der Waals surface area contributed by atoms with Gasteiger partial charge in [-0.25, -0.2) is 0 Å². The van der Waals surface area contributed by atoms with Gasteiger partial charge in [-0.1, -0.05) is 41.8 Å². The zero-order valence-corrected chi connectivity index (χ0v) is 13.0. The molecule has 0 bridgehead atoms. The molecule has 0 aliphatic carbocycles. The Morgan fingerprint density at radius 1 is 1.23 bits per heavy atom. The third-order valence-electron chi connectivity index (χ3n) is 3.02. The van der Waals surface area contributed by atoms with Crippen LogP contribution in [0, 0.1) is 11.8 Å². The molecule has 2 rings (SSSR count). The average Bonchev–Trinajstić information content (AvgIpc) is 2.53. The van der Waals surface area contributed by atoms with Crippen LogP contribution in [0.5, 0.6) is 5.75 Å². The van der Waals surface area contributed by atoms with Crippen molar-refractivity contribution in [2.45, 2.75) is 6.42 Å². The number of hydrogen-bond donors (Lipinski definition) is 1. The van der Waals surface area contributed by atoms with Crippen molar-refractivity contribution in [2.24, 2.45) is 0 Å². The van der Waals surface area contributed by atoms with E-state index < -0.39 is 0 Å². The predicted molar refractivity (Wildman–Crippen MR) is 88.0 cm³/mol. The average molecular weight is 314 g/mol. The maximum atomic E-state index is 11.7. The molecule has 0 aromatic heterocycles. The van der Waals surface area contributed by atoms with Crippen molar-refractivity contribution in [1.82, 2.24) is 5.32 Å². The smallest absolute Gasteiger partial charge is 0.296 e. The van der Waals surface area contributed by atoms with Gasteiger partial charge in [0.1, 0.15) is 5.75 Å². The van der Waals surface area contributed by atoms with Crippen LogP contribution >= 0.6 is 11.6 Å². The number of halogens is 1. The number of rotatable bonds is 4. The highest BCUT2D eigenvalue weighted by Gasteiger charge is 2.02. The molecule has 0 saturated carbocycles. The lowest BCUT2D eigenvalue weighted by Crippen LogP contribution is -2.24. The molecule has 2 aromatic rings. The zero-order chi connectivity index (χ0) is 15.8. The SMILES string of the molecule is COc1ccccc1CCNC(=O)C#Cc1cccc(Cl)c1. The van der Waals surface area contributed by atoms with Crippen LogP contribution < -0.4 is 10.1 Å². The zero-order valence-electron chi connectivity index (χ0n) is 12.2. The minimum Gasteiger partial charge on any atom is -0.496 e. The molecular formula is C18H16ClNO2. The first-order chi connectivity index (χ1) is 10.7. The summed E-state index contributed by atoms with van der Waals surface area (Å²) in [5, 5.41) is 3.37. The molecule has 0 spiro atoms. The van der Waals surface area contributed by atoms with Crippen LogP contribution in [-0.4, -0.2) is 19.6 Å². The molecule has 0 heterocycles. The van der Waals surface area contributed by atoms with Crippen molar-refractivity contribution in [1.29, 1.82) is 0 Å². The van der Waals surface area contributed by atoms with Crippen LogP contribution in [0.15, 0.2) is 48.5 Å². The van der Waals surface area contributed by atoms with Crippen LogP contribution in [0.25, 0.3) is 0 Å². The van der Waals surface area contributed by atoms with Gasteiger partial charge >= 0.3 is 0 Å². The number of methoxy groups -OCH3 is 1. The van der Waals surface area contributed by atoms with Crippen LogP contribution in [-0.2, 0) is 11.2 Å². The Hall–Kier alpha value is -2.44. The molecule has 0 fully saturated rings. The molecule has 2 aromatic carbocycles. The Bertz CT molecular complexity index is 716. The van der Waals surface area contributed by atoms with Crippen molar-refractivity contribution in [3.05, 3.63) is 64.7 Å². The summed E-state index contributed by atoms with van der Waals surface area (Å²) in [5.74, 6) is 5.85. The highest BCUT2D eigenvalue weighted by atomic mass is 35.5. The minimum atomic E-state index is -0.310. The first-order valence-electron chi connectivity index (χ1n) is 6.86. The number of para-hydroxylation sites is 1. The lowest BCUT2D eigenvalue weighted by atomic mass is 10.1. The van der Waals surface area contributed by atoms with Gasteiger partial charge in [-0.3, -0.25) is 4.79 Å². The number of ether oxygens (including phenoxy) is 1. The normalized spacial score (nSPS) is 9.55. The van der Waals surface area contributed by atoms with E-state index in [1.807, 2.05) is 24.3 Å². The van der Waals surface area contributed by atoms with E-state index in [1.165, 1.54) is 0 Å². The van der Waals surface area contributed by atoms with Gasteiger partial charge in [0.05, 0.1) is 7.11 Å². The van der Waals surface area contributed by atoms with Gasteiger partial charge in [0.2, 0.25) is 0 Å². The van der Waals surface area contributed by atoms with Gasteiger partial charge in [-0.05, 0) is 36.2 Å². The number of carbonyl (C=O) groups is 1. The third-order valence-corrected chi connectivity index (χ3v) is 3.25. The second-order valence-electron chi connectivity index (χ2n) is 4.58. The molecule has 0 unspecified atom stereocenters. The maximum Gasteiger partial charge on any atom is 0.296 e. The van der Waals surface area contributed by atoms with Crippen molar-refractivity contribution in [3.63, 3.8) is 0 Å². The number of carbonyl (C=O) groups excluding carboxylic acids is 1. The van der Waals surface area contributed by atoms with Crippen LogP contribution in [0.4, 0.5) is 0 Å². The molecule has 0 aliphatic rings. The summed E-state index contributed by atoms with van der Waals surface area (Å²) in [6.07, 6.45) is 0.689. The van der Waals surface area contributed by atoms with Gasteiger partial charge in [-0.2, -0.15) is 0 Å². The van der Waals surface area contributed by atoms with Gasteiger partial charge in [0.15, 0.2) is 0 Å². The lowest BCUT2D eigenvalue weighted by Gasteiger charge is -2.07. The van der Waals surface area contributed by atoms with Crippen LogP contribution in [0.2, 0.25) is 5.02 Å². The summed E-state index contributed by atoms with van der Waals surface area (Å²) in [4.78, 5) is 11.7. The molecule has 0 atom stereocenters. The molecule has 0 radical (unpaired) electrons. The first-order valence-corrected chi connectivity index (χ1v) is 7.24. The summed E-state index contributed by atoms with van der Waals surface area (Å²) in [5.41, 5.74) is 1.76. The highest BCUT2D eigenvalue weighted by Crippen LogP contribution is 2.17. The molecule has 0 saturated heterocycles. The highest BCUT2D eigenvalue weighted by molar-refractivity contribution is 6.30. The Morgan fingerprint density at radius 2 is 2.05 bits per heavy atom. The number of nitrogens with one attached hydrogen (secondary N) is 1. The summed E-state index contributed by atoms with van der Waals surface area (Å²) >= 11 is 5.86. The molecule has 22 heavy (non-hydrogen) atoms. The molecule has 0 aliphatic heterocycles. The Kier molecular flexibility index (Phi) is 5.88. The lowest BCUT2D eigenvalue weighted by molar-refractivity contribution is -0.115. The van der Waals surface area contributed by atoms with Crippen molar-refractivity contribution < 1.29 is 9.53 Å². The van der Waals surface area contributed by atoms with E-state index in [0.29, 0.717) is 23.6 Å². The summed E-state index contributed by atoms with van der Waals surface area (Å²) < 4.78 is 5.27. The molecule has 4 heteroatoms. The number of hydrogen-bond acceptors (Lipinski definition) is 2. The fourth-order valence-electron chi connectivity index (χ4n) is 1.96. The largest absolute Gasteiger partial charge is 0.496 e. The third kappa shape index (κ3) is 4.83. The maximum absolute atomic E-state index is 11.7. The topological polar surface area (TPSA) is 38.3 Å². The van der Waals surface area contributed by atoms with Gasteiger partial charge < -0.3 is 10.1 Å². The first kappa shape index (κ1) is 15.9. The second kappa shape index (κ2) is 8.11. The second-order valence-corrected chi connectivity index (χ2v) is 5.01. The van der Waals surface area contributed by atoms with Crippen LogP contribution in [0.3, 0.4) is 0 Å². The van der Waals surface area contributed by atoms with Crippen LogP contribution in [0.1, 0.15) is 11.1 Å². The Morgan fingerprint density at radius 3 is 2.82 bits per heavy atom. The summed E-state index contributed by atoms with van der Waals surface area (Å²) in [6.45, 7) is 0.503. The van der Waals surface area contributed by atoms with E-state index >= 15 is 0 Å². The summed E-state index contributed by atoms with van der Waals surface area (Å²) in [6, 6.07) is 14.8. The molecule has 3 nitrogen and oxygen atoms in total. The molecule has 112 valence electrons. The standard InChI is InChI=1S/C18H16ClNO2/c1-22-17-8-3-2-6-15(17)11-12-20-18(21)10-9-14-5-4-7-16(19)13-14/h2-8,13H,11-12H2,1H3,(H,20,21). The van der Waals surface area contributed by atoms with E-state index in [1.54, 1.807) is 31.4 Å². The molecule has 1 amide bonds. The Labute approximate surface area is 135 Å². The fourth-order valence-corrected chi connectivity index (χ4v) is 2.15. The van der Waals surface area contributed by atoms with E-state index in [0.717, 1.165) is 11.3 Å². The minimum absolute atomic E-state index is 0.310. The van der Waals surface area contributed by atoms with E-state index in [-0.39, 0.29) is 5.91 Å². The summed E-state index contributed by atoms with van der Waals surface area (Å²) in [7, 11) is 1.63. The van der Waals surface area contributed by atoms with E-state index in [4.69, 9.17) is 16.3 Å². The monoisotopic (exact) mass is 313 g/mol. The Balaban J connectivity index is 1.86. The van der Waals surface area contributed by atoms with Crippen molar-refractivity contribution in [2.75, 3.05) is 13.7 Å².